The quantitative estimate of drug-likeness (QED) is 0.271. The van der Waals surface area contributed by atoms with Gasteiger partial charge in [-0.2, -0.15) is 5.10 Å². The van der Waals surface area contributed by atoms with E-state index in [9.17, 15) is 4.79 Å². The van der Waals surface area contributed by atoms with Gasteiger partial charge >= 0.3 is 0 Å². The van der Waals surface area contributed by atoms with Crippen molar-refractivity contribution in [2.75, 3.05) is 12.5 Å². The maximum Gasteiger partial charge on any atom is 0.263 e. The third-order valence-corrected chi connectivity index (χ3v) is 7.73. The van der Waals surface area contributed by atoms with Gasteiger partial charge in [0, 0.05) is 11.0 Å². The molecule has 6 heteroatoms. The molecule has 6 nitrogen and oxygen atoms in total. The van der Waals surface area contributed by atoms with Crippen molar-refractivity contribution in [3.05, 3.63) is 106 Å². The molecule has 4 aromatic rings. The summed E-state index contributed by atoms with van der Waals surface area (Å²) in [6.07, 6.45) is 8.11. The SMILES string of the molecule is COc1ccc(-n2c(N/N=C\c3ccccc3)nc3c(c2=O)C2(CCCCC2)Cc2ccccc2-3)cc1. The molecule has 0 aliphatic heterocycles. The van der Waals surface area contributed by atoms with Crippen molar-refractivity contribution in [1.29, 1.82) is 0 Å². The monoisotopic (exact) mass is 490 g/mol. The summed E-state index contributed by atoms with van der Waals surface area (Å²) >= 11 is 0. The molecule has 1 N–H and O–H groups in total. The van der Waals surface area contributed by atoms with E-state index in [0.717, 1.165) is 65.9 Å². The van der Waals surface area contributed by atoms with Gasteiger partial charge in [0.25, 0.3) is 5.56 Å². The predicted octanol–water partition coefficient (Wildman–Crippen LogP) is 6.11. The zero-order valence-corrected chi connectivity index (χ0v) is 21.0. The van der Waals surface area contributed by atoms with Gasteiger partial charge in [-0.05, 0) is 54.7 Å². The van der Waals surface area contributed by atoms with Crippen molar-refractivity contribution in [3.8, 4) is 22.7 Å². The number of aromatic nitrogens is 2. The molecule has 6 rings (SSSR count). The van der Waals surface area contributed by atoms with Gasteiger partial charge in [0.05, 0.1) is 30.3 Å². The van der Waals surface area contributed by atoms with Crippen LogP contribution in [0.4, 0.5) is 5.95 Å². The first-order valence-electron chi connectivity index (χ1n) is 12.9. The van der Waals surface area contributed by atoms with E-state index in [1.54, 1.807) is 17.9 Å². The fourth-order valence-electron chi connectivity index (χ4n) is 5.96. The summed E-state index contributed by atoms with van der Waals surface area (Å²) in [4.78, 5) is 19.6. The van der Waals surface area contributed by atoms with Crippen molar-refractivity contribution < 1.29 is 4.74 Å². The van der Waals surface area contributed by atoms with Gasteiger partial charge in [-0.25, -0.2) is 15.0 Å². The summed E-state index contributed by atoms with van der Waals surface area (Å²) in [6.45, 7) is 0. The number of nitrogens with one attached hydrogen (secondary N) is 1. The normalized spacial score (nSPS) is 15.8. The van der Waals surface area contributed by atoms with Crippen LogP contribution in [0.15, 0.2) is 88.8 Å². The standard InChI is InChI=1S/C31H30N4O2/c1-37-25-16-14-24(15-17-25)35-29(36)27-28(33-30(35)34-32-21-22-10-4-2-5-11-22)26-13-7-6-12-23(26)20-31(27)18-8-3-9-19-31/h2,4-7,10-17,21H,3,8-9,18-20H2,1H3,(H,33,34)/b32-21-. The third kappa shape index (κ3) is 4.22. The number of methoxy groups -OCH3 is 1. The van der Waals surface area contributed by atoms with Gasteiger partial charge in [-0.15, -0.1) is 0 Å². The second-order valence-electron chi connectivity index (χ2n) is 9.95. The van der Waals surface area contributed by atoms with E-state index in [-0.39, 0.29) is 11.0 Å². The molecule has 1 heterocycles. The number of ether oxygens (including phenoxy) is 1. The van der Waals surface area contributed by atoms with Crippen LogP contribution in [0.3, 0.4) is 0 Å². The minimum Gasteiger partial charge on any atom is -0.497 e. The minimum atomic E-state index is -0.188. The summed E-state index contributed by atoms with van der Waals surface area (Å²) < 4.78 is 7.03. The van der Waals surface area contributed by atoms with Crippen molar-refractivity contribution in [2.45, 2.75) is 43.9 Å². The molecule has 37 heavy (non-hydrogen) atoms. The summed E-state index contributed by atoms with van der Waals surface area (Å²) in [5.41, 5.74) is 8.51. The lowest BCUT2D eigenvalue weighted by molar-refractivity contribution is 0.284. The number of nitrogens with zero attached hydrogens (tertiary/aromatic N) is 3. The Morgan fingerprint density at radius 3 is 2.43 bits per heavy atom. The number of anilines is 1. The first-order valence-corrected chi connectivity index (χ1v) is 12.9. The Kier molecular flexibility index (Phi) is 6.08. The van der Waals surface area contributed by atoms with Crippen LogP contribution in [0.25, 0.3) is 16.9 Å². The van der Waals surface area contributed by atoms with Crippen LogP contribution in [0, 0.1) is 0 Å². The van der Waals surface area contributed by atoms with E-state index >= 15 is 0 Å². The zero-order valence-electron chi connectivity index (χ0n) is 21.0. The highest BCUT2D eigenvalue weighted by Gasteiger charge is 2.43. The van der Waals surface area contributed by atoms with Crippen molar-refractivity contribution >= 4 is 12.2 Å². The average molecular weight is 491 g/mol. The molecule has 2 aliphatic carbocycles. The highest BCUT2D eigenvalue weighted by molar-refractivity contribution is 5.80. The van der Waals surface area contributed by atoms with Crippen LogP contribution in [0.2, 0.25) is 0 Å². The Hall–Kier alpha value is -4.19. The smallest absolute Gasteiger partial charge is 0.263 e. The minimum absolute atomic E-state index is 0.0241. The lowest BCUT2D eigenvalue weighted by Gasteiger charge is -2.42. The van der Waals surface area contributed by atoms with E-state index < -0.39 is 0 Å². The molecule has 0 radical (unpaired) electrons. The molecule has 1 fully saturated rings. The number of hydrazone groups is 1. The molecule has 0 atom stereocenters. The molecule has 1 saturated carbocycles. The summed E-state index contributed by atoms with van der Waals surface area (Å²) in [6, 6.07) is 25.8. The maximum absolute atomic E-state index is 14.5. The molecule has 1 spiro atoms. The number of rotatable bonds is 5. The number of hydrogen-bond acceptors (Lipinski definition) is 5. The molecule has 1 aromatic heterocycles. The highest BCUT2D eigenvalue weighted by Crippen LogP contribution is 2.48. The molecule has 0 bridgehead atoms. The molecule has 0 saturated heterocycles. The first-order chi connectivity index (χ1) is 18.2. The summed E-state index contributed by atoms with van der Waals surface area (Å²) in [7, 11) is 1.64. The average Bonchev–Trinajstić information content (AvgIpc) is 2.94. The third-order valence-electron chi connectivity index (χ3n) is 7.73. The predicted molar refractivity (Wildman–Crippen MR) is 148 cm³/mol. The first kappa shape index (κ1) is 23.2. The molecule has 186 valence electrons. The Bertz CT molecular complexity index is 1500. The second-order valence-corrected chi connectivity index (χ2v) is 9.95. The van der Waals surface area contributed by atoms with Gasteiger partial charge in [0.1, 0.15) is 5.75 Å². The largest absolute Gasteiger partial charge is 0.497 e. The van der Waals surface area contributed by atoms with Gasteiger partial charge in [0.15, 0.2) is 0 Å². The Morgan fingerprint density at radius 1 is 0.946 bits per heavy atom. The van der Waals surface area contributed by atoms with Crippen molar-refractivity contribution in [2.24, 2.45) is 5.10 Å². The second kappa shape index (κ2) is 9.69. The van der Waals surface area contributed by atoms with Crippen LogP contribution in [0.1, 0.15) is 48.8 Å². The summed E-state index contributed by atoms with van der Waals surface area (Å²) in [5.74, 6) is 1.13. The Morgan fingerprint density at radius 2 is 1.68 bits per heavy atom. The molecule has 0 amide bonds. The highest BCUT2D eigenvalue weighted by atomic mass is 16.5. The van der Waals surface area contributed by atoms with E-state index in [0.29, 0.717) is 5.95 Å². The van der Waals surface area contributed by atoms with Gasteiger partial charge in [-0.3, -0.25) is 4.79 Å². The molecule has 0 unspecified atom stereocenters. The van der Waals surface area contributed by atoms with Gasteiger partial charge in [-0.1, -0.05) is 73.9 Å². The van der Waals surface area contributed by atoms with Crippen LogP contribution in [-0.2, 0) is 11.8 Å². The molecular weight excluding hydrogens is 460 g/mol. The molecule has 2 aliphatic rings. The van der Waals surface area contributed by atoms with Crippen molar-refractivity contribution in [3.63, 3.8) is 0 Å². The van der Waals surface area contributed by atoms with Crippen LogP contribution < -0.4 is 15.7 Å². The van der Waals surface area contributed by atoms with Gasteiger partial charge < -0.3 is 4.74 Å². The lowest BCUT2D eigenvalue weighted by atomic mass is 9.62. The fourth-order valence-corrected chi connectivity index (χ4v) is 5.96. The summed E-state index contributed by atoms with van der Waals surface area (Å²) in [5, 5.41) is 4.46. The van der Waals surface area contributed by atoms with Crippen LogP contribution >= 0.6 is 0 Å². The number of hydrogen-bond donors (Lipinski definition) is 1. The fraction of sp³-hybridized carbons (Fsp3) is 0.258. The van der Waals surface area contributed by atoms with Gasteiger partial charge in [0.2, 0.25) is 5.95 Å². The number of fused-ring (bicyclic) bond motifs is 4. The Balaban J connectivity index is 1.56. The van der Waals surface area contributed by atoms with Crippen LogP contribution in [0.5, 0.6) is 5.75 Å². The Labute approximate surface area is 216 Å². The van der Waals surface area contributed by atoms with E-state index in [1.165, 1.54) is 12.0 Å². The molecule has 3 aromatic carbocycles. The van der Waals surface area contributed by atoms with E-state index in [4.69, 9.17) is 9.72 Å². The topological polar surface area (TPSA) is 68.5 Å². The van der Waals surface area contributed by atoms with Crippen molar-refractivity contribution in [1.82, 2.24) is 9.55 Å². The van der Waals surface area contributed by atoms with E-state index in [2.05, 4.69) is 28.7 Å². The maximum atomic E-state index is 14.5. The zero-order chi connectivity index (χ0) is 25.2. The van der Waals surface area contributed by atoms with Crippen LogP contribution in [-0.4, -0.2) is 22.9 Å². The number of benzene rings is 3. The lowest BCUT2D eigenvalue weighted by Crippen LogP contribution is -2.42. The van der Waals surface area contributed by atoms with E-state index in [1.807, 2.05) is 60.7 Å². The molecular formula is C31H30N4O2.